The molecule has 1 N–H and O–H groups in total. The number of ether oxygens (including phenoxy) is 2. The van der Waals surface area contributed by atoms with E-state index in [0.717, 1.165) is 24.5 Å². The maximum atomic E-state index is 12.6. The Labute approximate surface area is 163 Å². The average Bonchev–Trinajstić information content (AvgIpc) is 2.73. The Hall–Kier alpha value is -2.47. The van der Waals surface area contributed by atoms with Gasteiger partial charge in [-0.25, -0.2) is 4.98 Å². The molecule has 1 fully saturated rings. The normalized spacial score (nSPS) is 16.1. The van der Waals surface area contributed by atoms with E-state index < -0.39 is 0 Å². The quantitative estimate of drug-likeness (QED) is 0.870. The van der Waals surface area contributed by atoms with E-state index >= 15 is 0 Å². The number of nitrogens with one attached hydrogen (secondary N) is 1. The van der Waals surface area contributed by atoms with Crippen LogP contribution in [-0.4, -0.2) is 37.2 Å². The Morgan fingerprint density at radius 3 is 2.85 bits per heavy atom. The van der Waals surface area contributed by atoms with Crippen molar-refractivity contribution < 1.29 is 14.3 Å². The molecule has 0 atom stereocenters. The zero-order valence-corrected chi connectivity index (χ0v) is 15.8. The Morgan fingerprint density at radius 1 is 1.19 bits per heavy atom. The molecule has 4 rings (SSSR count). The second kappa shape index (κ2) is 8.05. The van der Waals surface area contributed by atoms with Crippen LogP contribution in [0.5, 0.6) is 11.5 Å². The zero-order valence-electron chi connectivity index (χ0n) is 15.0. The minimum atomic E-state index is -0.206. The predicted octanol–water partition coefficient (Wildman–Crippen LogP) is 3.43. The number of hydrogen-bond donors (Lipinski definition) is 1. The van der Waals surface area contributed by atoms with E-state index in [2.05, 4.69) is 15.2 Å². The minimum Gasteiger partial charge on any atom is -0.486 e. The topological polar surface area (TPSA) is 63.7 Å². The maximum Gasteiger partial charge on any atom is 0.251 e. The third-order valence-corrected chi connectivity index (χ3v) is 5.10. The first-order valence-corrected chi connectivity index (χ1v) is 9.66. The van der Waals surface area contributed by atoms with Crippen LogP contribution in [0.25, 0.3) is 0 Å². The smallest absolute Gasteiger partial charge is 0.251 e. The molecule has 0 radical (unpaired) electrons. The molecule has 1 aromatic carbocycles. The molecule has 2 aromatic rings. The average molecular weight is 388 g/mol. The van der Waals surface area contributed by atoms with Gasteiger partial charge < -0.3 is 19.7 Å². The molecule has 1 amide bonds. The van der Waals surface area contributed by atoms with Gasteiger partial charge in [0.25, 0.3) is 5.91 Å². The molecule has 0 bridgehead atoms. The van der Waals surface area contributed by atoms with Gasteiger partial charge in [0.2, 0.25) is 0 Å². The molecule has 27 heavy (non-hydrogen) atoms. The number of amides is 1. The molecule has 3 heterocycles. The fourth-order valence-corrected chi connectivity index (χ4v) is 3.74. The molecule has 1 aromatic heterocycles. The lowest BCUT2D eigenvalue weighted by atomic mass is 10.1. The number of pyridine rings is 1. The molecule has 0 spiro atoms. The minimum absolute atomic E-state index is 0.206. The Bertz CT molecular complexity index is 837. The van der Waals surface area contributed by atoms with Crippen molar-refractivity contribution in [2.45, 2.75) is 25.8 Å². The predicted molar refractivity (Wildman–Crippen MR) is 104 cm³/mol. The van der Waals surface area contributed by atoms with E-state index in [1.165, 1.54) is 19.3 Å². The summed E-state index contributed by atoms with van der Waals surface area (Å²) in [6.45, 7) is 3.33. The van der Waals surface area contributed by atoms with E-state index in [0.29, 0.717) is 41.8 Å². The SMILES string of the molecule is O=C(NCc1cccnc1N1CCCCC1)c1cc(Cl)c2c(c1)OCCO2. The number of fused-ring (bicyclic) bond motifs is 1. The van der Waals surface area contributed by atoms with Gasteiger partial charge in [-0.1, -0.05) is 17.7 Å². The number of nitrogens with zero attached hydrogens (tertiary/aromatic N) is 2. The van der Waals surface area contributed by atoms with Gasteiger partial charge in [0.05, 0.1) is 5.02 Å². The van der Waals surface area contributed by atoms with Crippen LogP contribution in [0, 0.1) is 0 Å². The van der Waals surface area contributed by atoms with Crippen molar-refractivity contribution in [3.8, 4) is 11.5 Å². The summed E-state index contributed by atoms with van der Waals surface area (Å²) in [4.78, 5) is 19.5. The van der Waals surface area contributed by atoms with E-state index in [9.17, 15) is 4.79 Å². The van der Waals surface area contributed by atoms with Gasteiger partial charge in [-0.15, -0.1) is 0 Å². The highest BCUT2D eigenvalue weighted by Gasteiger charge is 2.20. The Morgan fingerprint density at radius 2 is 2.00 bits per heavy atom. The molecule has 2 aliphatic heterocycles. The standard InChI is InChI=1S/C20H22ClN3O3/c21-16-11-15(12-17-18(16)27-10-9-26-17)20(25)23-13-14-5-4-6-22-19(14)24-7-2-1-3-8-24/h4-6,11-12H,1-3,7-10,13H2,(H,23,25). The van der Waals surface area contributed by atoms with Gasteiger partial charge in [-0.3, -0.25) is 4.79 Å². The van der Waals surface area contributed by atoms with Crippen LogP contribution in [0.3, 0.4) is 0 Å². The molecule has 0 saturated carbocycles. The number of hydrogen-bond acceptors (Lipinski definition) is 5. The first-order chi connectivity index (χ1) is 13.2. The van der Waals surface area contributed by atoms with E-state index in [4.69, 9.17) is 21.1 Å². The van der Waals surface area contributed by atoms with Crippen molar-refractivity contribution in [3.63, 3.8) is 0 Å². The second-order valence-corrected chi connectivity index (χ2v) is 7.11. The number of aromatic nitrogens is 1. The number of piperidine rings is 1. The molecule has 142 valence electrons. The van der Waals surface area contributed by atoms with Crippen LogP contribution in [0.2, 0.25) is 5.02 Å². The number of carbonyl (C=O) groups is 1. The monoisotopic (exact) mass is 387 g/mol. The summed E-state index contributed by atoms with van der Waals surface area (Å²) < 4.78 is 11.0. The van der Waals surface area contributed by atoms with Gasteiger partial charge in [0, 0.05) is 37.0 Å². The van der Waals surface area contributed by atoms with Crippen LogP contribution in [0.1, 0.15) is 35.2 Å². The molecule has 7 heteroatoms. The zero-order chi connectivity index (χ0) is 18.6. The fourth-order valence-electron chi connectivity index (χ4n) is 3.48. The molecule has 2 aliphatic rings. The van der Waals surface area contributed by atoms with Gasteiger partial charge in [-0.05, 0) is 37.5 Å². The van der Waals surface area contributed by atoms with Crippen molar-refractivity contribution in [3.05, 3.63) is 46.6 Å². The van der Waals surface area contributed by atoms with Crippen LogP contribution in [-0.2, 0) is 6.54 Å². The summed E-state index contributed by atoms with van der Waals surface area (Å²) in [7, 11) is 0. The van der Waals surface area contributed by atoms with Crippen molar-refractivity contribution in [2.75, 3.05) is 31.2 Å². The number of halogens is 1. The van der Waals surface area contributed by atoms with Gasteiger partial charge >= 0.3 is 0 Å². The first-order valence-electron chi connectivity index (χ1n) is 9.28. The highest BCUT2D eigenvalue weighted by atomic mass is 35.5. The largest absolute Gasteiger partial charge is 0.486 e. The van der Waals surface area contributed by atoms with Gasteiger partial charge in [0.15, 0.2) is 11.5 Å². The lowest BCUT2D eigenvalue weighted by Crippen LogP contribution is -2.32. The maximum absolute atomic E-state index is 12.6. The lowest BCUT2D eigenvalue weighted by molar-refractivity contribution is 0.0949. The highest BCUT2D eigenvalue weighted by molar-refractivity contribution is 6.32. The molecular weight excluding hydrogens is 366 g/mol. The third-order valence-electron chi connectivity index (χ3n) is 4.82. The molecule has 0 unspecified atom stereocenters. The fraction of sp³-hybridized carbons (Fsp3) is 0.400. The third kappa shape index (κ3) is 3.95. The summed E-state index contributed by atoms with van der Waals surface area (Å²) in [6, 6.07) is 7.19. The Balaban J connectivity index is 1.48. The van der Waals surface area contributed by atoms with E-state index in [1.54, 1.807) is 18.3 Å². The molecule has 6 nitrogen and oxygen atoms in total. The van der Waals surface area contributed by atoms with E-state index in [-0.39, 0.29) is 5.91 Å². The molecule has 0 aliphatic carbocycles. The highest BCUT2D eigenvalue weighted by Crippen LogP contribution is 2.38. The number of benzene rings is 1. The molecule has 1 saturated heterocycles. The van der Waals surface area contributed by atoms with Crippen molar-refractivity contribution in [1.29, 1.82) is 0 Å². The van der Waals surface area contributed by atoms with Gasteiger partial charge in [0.1, 0.15) is 19.0 Å². The lowest BCUT2D eigenvalue weighted by Gasteiger charge is -2.29. The summed E-state index contributed by atoms with van der Waals surface area (Å²) in [5.41, 5.74) is 1.46. The summed E-state index contributed by atoms with van der Waals surface area (Å²) in [5.74, 6) is 1.76. The van der Waals surface area contributed by atoms with Gasteiger partial charge in [-0.2, -0.15) is 0 Å². The number of anilines is 1. The van der Waals surface area contributed by atoms with Crippen LogP contribution in [0.15, 0.2) is 30.5 Å². The van der Waals surface area contributed by atoms with Crippen LogP contribution >= 0.6 is 11.6 Å². The van der Waals surface area contributed by atoms with E-state index in [1.807, 2.05) is 12.1 Å². The molecular formula is C20H22ClN3O3. The second-order valence-electron chi connectivity index (χ2n) is 6.70. The summed E-state index contributed by atoms with van der Waals surface area (Å²) in [6.07, 6.45) is 5.42. The van der Waals surface area contributed by atoms with Crippen molar-refractivity contribution in [2.24, 2.45) is 0 Å². The summed E-state index contributed by atoms with van der Waals surface area (Å²) in [5, 5.41) is 3.35. The van der Waals surface area contributed by atoms with Crippen LogP contribution in [0.4, 0.5) is 5.82 Å². The van der Waals surface area contributed by atoms with Crippen molar-refractivity contribution >= 4 is 23.3 Å². The Kier molecular flexibility index (Phi) is 5.34. The number of rotatable bonds is 4. The first kappa shape index (κ1) is 17.9. The number of carbonyl (C=O) groups excluding carboxylic acids is 1. The van der Waals surface area contributed by atoms with Crippen molar-refractivity contribution in [1.82, 2.24) is 10.3 Å². The summed E-state index contributed by atoms with van der Waals surface area (Å²) >= 11 is 6.23. The van der Waals surface area contributed by atoms with Crippen LogP contribution < -0.4 is 19.7 Å².